The highest BCUT2D eigenvalue weighted by Gasteiger charge is 2.47. The van der Waals surface area contributed by atoms with Gasteiger partial charge in [-0.1, -0.05) is 46.3 Å². The third kappa shape index (κ3) is 3.52. The molecule has 4 rings (SSSR count). The van der Waals surface area contributed by atoms with E-state index in [0.29, 0.717) is 24.1 Å². The number of anilines is 1. The smallest absolute Gasteiger partial charge is 0.338 e. The molecule has 6 heteroatoms. The van der Waals surface area contributed by atoms with Crippen LogP contribution in [-0.2, 0) is 20.9 Å². The third-order valence-electron chi connectivity index (χ3n) is 5.13. The summed E-state index contributed by atoms with van der Waals surface area (Å²) in [7, 11) is 0. The van der Waals surface area contributed by atoms with Crippen LogP contribution in [0, 0.1) is 11.8 Å². The number of hydrogen-bond donors (Lipinski definition) is 0. The van der Waals surface area contributed by atoms with Crippen molar-refractivity contribution < 1.29 is 19.1 Å². The van der Waals surface area contributed by atoms with Crippen LogP contribution in [0.25, 0.3) is 0 Å². The van der Waals surface area contributed by atoms with Gasteiger partial charge in [-0.15, -0.1) is 0 Å². The van der Waals surface area contributed by atoms with E-state index in [2.05, 4.69) is 15.9 Å². The molecular weight excluding hydrogens is 422 g/mol. The van der Waals surface area contributed by atoms with E-state index < -0.39 is 5.97 Å². The summed E-state index contributed by atoms with van der Waals surface area (Å²) < 4.78 is 6.32. The Bertz CT molecular complexity index is 941. The quantitative estimate of drug-likeness (QED) is 0.405. The largest absolute Gasteiger partial charge is 0.457 e. The van der Waals surface area contributed by atoms with Gasteiger partial charge in [-0.3, -0.25) is 14.5 Å². The number of imide groups is 1. The van der Waals surface area contributed by atoms with Crippen molar-refractivity contribution in [2.24, 2.45) is 11.8 Å². The van der Waals surface area contributed by atoms with Gasteiger partial charge >= 0.3 is 5.97 Å². The van der Waals surface area contributed by atoms with Crippen molar-refractivity contribution in [1.29, 1.82) is 0 Å². The first-order valence-electron chi connectivity index (χ1n) is 9.09. The second-order valence-corrected chi connectivity index (χ2v) is 7.84. The second kappa shape index (κ2) is 7.72. The van der Waals surface area contributed by atoms with Crippen LogP contribution in [0.5, 0.6) is 0 Å². The molecular formula is C22H18BrNO4. The summed E-state index contributed by atoms with van der Waals surface area (Å²) >= 11 is 3.36. The van der Waals surface area contributed by atoms with Gasteiger partial charge < -0.3 is 4.74 Å². The van der Waals surface area contributed by atoms with Gasteiger partial charge in [-0.05, 0) is 48.7 Å². The lowest BCUT2D eigenvalue weighted by Crippen LogP contribution is -2.31. The van der Waals surface area contributed by atoms with E-state index in [1.165, 1.54) is 4.90 Å². The minimum Gasteiger partial charge on any atom is -0.457 e. The Labute approximate surface area is 171 Å². The van der Waals surface area contributed by atoms with Crippen LogP contribution >= 0.6 is 15.9 Å². The zero-order chi connectivity index (χ0) is 19.7. The molecule has 1 aliphatic heterocycles. The number of hydrogen-bond acceptors (Lipinski definition) is 4. The molecule has 2 aromatic carbocycles. The van der Waals surface area contributed by atoms with Crippen molar-refractivity contribution in [3.05, 3.63) is 76.3 Å². The number of amides is 2. The summed E-state index contributed by atoms with van der Waals surface area (Å²) in [5, 5.41) is 0. The number of carbonyl (C=O) groups excluding carboxylic acids is 3. The van der Waals surface area contributed by atoms with Gasteiger partial charge in [0, 0.05) is 4.47 Å². The van der Waals surface area contributed by atoms with Gasteiger partial charge in [0.2, 0.25) is 11.8 Å². The van der Waals surface area contributed by atoms with E-state index in [9.17, 15) is 14.4 Å². The number of allylic oxidation sites excluding steroid dienone is 2. The molecule has 5 nitrogen and oxygen atoms in total. The predicted octanol–water partition coefficient (Wildman–Crippen LogP) is 4.26. The number of carbonyl (C=O) groups is 3. The fourth-order valence-electron chi connectivity index (χ4n) is 3.64. The maximum atomic E-state index is 12.7. The monoisotopic (exact) mass is 439 g/mol. The lowest BCUT2D eigenvalue weighted by molar-refractivity contribution is -0.122. The SMILES string of the molecule is O=C(OCc1ccc(Br)cc1)c1cccc(N2C(=O)C3CC=CCC3C2=O)c1. The first kappa shape index (κ1) is 18.6. The van der Waals surface area contributed by atoms with Crippen molar-refractivity contribution in [3.63, 3.8) is 0 Å². The van der Waals surface area contributed by atoms with E-state index in [1.54, 1.807) is 24.3 Å². The molecule has 142 valence electrons. The number of nitrogens with zero attached hydrogens (tertiary/aromatic N) is 1. The molecule has 0 aromatic heterocycles. The van der Waals surface area contributed by atoms with Crippen molar-refractivity contribution in [2.45, 2.75) is 19.4 Å². The van der Waals surface area contributed by atoms with E-state index >= 15 is 0 Å². The molecule has 1 heterocycles. The average Bonchev–Trinajstić information content (AvgIpc) is 2.98. The van der Waals surface area contributed by atoms with Crippen LogP contribution < -0.4 is 4.90 Å². The standard InChI is InChI=1S/C22H18BrNO4/c23-16-10-8-14(9-11-16)13-28-22(27)15-4-3-5-17(12-15)24-20(25)18-6-1-2-7-19(18)21(24)26/h1-5,8-12,18-19H,6-7,13H2. The van der Waals surface area contributed by atoms with Crippen molar-refractivity contribution in [1.82, 2.24) is 0 Å². The number of halogens is 1. The molecule has 2 amide bonds. The van der Waals surface area contributed by atoms with Gasteiger partial charge in [-0.2, -0.15) is 0 Å². The lowest BCUT2D eigenvalue weighted by Gasteiger charge is -2.15. The maximum Gasteiger partial charge on any atom is 0.338 e. The van der Waals surface area contributed by atoms with Crippen LogP contribution in [0.15, 0.2) is 65.2 Å². The fraction of sp³-hybridized carbons (Fsp3) is 0.227. The number of esters is 1. The lowest BCUT2D eigenvalue weighted by atomic mass is 9.85. The highest BCUT2D eigenvalue weighted by atomic mass is 79.9. The Morgan fingerprint density at radius 3 is 2.29 bits per heavy atom. The van der Waals surface area contributed by atoms with Crippen LogP contribution in [0.4, 0.5) is 5.69 Å². The number of fused-ring (bicyclic) bond motifs is 1. The topological polar surface area (TPSA) is 63.7 Å². The van der Waals surface area contributed by atoms with Gasteiger partial charge in [0.25, 0.3) is 0 Å². The first-order chi connectivity index (χ1) is 13.5. The summed E-state index contributed by atoms with van der Waals surface area (Å²) in [5.74, 6) is -1.49. The van der Waals surface area contributed by atoms with Gasteiger partial charge in [0.15, 0.2) is 0 Å². The molecule has 0 bridgehead atoms. The number of benzene rings is 2. The van der Waals surface area contributed by atoms with E-state index in [0.717, 1.165) is 10.0 Å². The molecule has 1 saturated heterocycles. The molecule has 0 N–H and O–H groups in total. The summed E-state index contributed by atoms with van der Waals surface area (Å²) in [4.78, 5) is 39.1. The molecule has 2 aliphatic rings. The molecule has 28 heavy (non-hydrogen) atoms. The summed E-state index contributed by atoms with van der Waals surface area (Å²) in [6.45, 7) is 0.147. The second-order valence-electron chi connectivity index (χ2n) is 6.92. The normalized spacial score (nSPS) is 21.0. The molecule has 0 saturated carbocycles. The van der Waals surface area contributed by atoms with E-state index in [4.69, 9.17) is 4.74 Å². The van der Waals surface area contributed by atoms with Gasteiger partial charge in [-0.25, -0.2) is 4.79 Å². The maximum absolute atomic E-state index is 12.7. The van der Waals surface area contributed by atoms with Crippen molar-refractivity contribution in [2.75, 3.05) is 4.90 Å². The van der Waals surface area contributed by atoms with Crippen LogP contribution in [0.2, 0.25) is 0 Å². The zero-order valence-electron chi connectivity index (χ0n) is 15.0. The molecule has 0 spiro atoms. The Hall–Kier alpha value is -2.73. The van der Waals surface area contributed by atoms with Crippen LogP contribution in [0.3, 0.4) is 0 Å². The molecule has 2 atom stereocenters. The molecule has 1 aliphatic carbocycles. The third-order valence-corrected chi connectivity index (χ3v) is 5.66. The summed E-state index contributed by atoms with van der Waals surface area (Å²) in [6, 6.07) is 14.0. The number of ether oxygens (including phenoxy) is 1. The van der Waals surface area contributed by atoms with Gasteiger partial charge in [0.05, 0.1) is 23.1 Å². The fourth-order valence-corrected chi connectivity index (χ4v) is 3.90. The van der Waals surface area contributed by atoms with Crippen molar-refractivity contribution in [3.8, 4) is 0 Å². The molecule has 2 unspecified atom stereocenters. The Morgan fingerprint density at radius 2 is 1.64 bits per heavy atom. The molecule has 1 fully saturated rings. The Kier molecular flexibility index (Phi) is 5.13. The van der Waals surface area contributed by atoms with E-state index in [-0.39, 0.29) is 30.3 Å². The zero-order valence-corrected chi connectivity index (χ0v) is 16.6. The van der Waals surface area contributed by atoms with Crippen LogP contribution in [-0.4, -0.2) is 17.8 Å². The first-order valence-corrected chi connectivity index (χ1v) is 9.88. The Balaban J connectivity index is 1.50. The number of rotatable bonds is 4. The minimum absolute atomic E-state index is 0.147. The Morgan fingerprint density at radius 1 is 1.00 bits per heavy atom. The highest BCUT2D eigenvalue weighted by molar-refractivity contribution is 9.10. The van der Waals surface area contributed by atoms with Crippen molar-refractivity contribution >= 4 is 39.4 Å². The average molecular weight is 440 g/mol. The van der Waals surface area contributed by atoms with Gasteiger partial charge in [0.1, 0.15) is 6.61 Å². The highest BCUT2D eigenvalue weighted by Crippen LogP contribution is 2.37. The predicted molar refractivity (Wildman–Crippen MR) is 108 cm³/mol. The van der Waals surface area contributed by atoms with Crippen LogP contribution in [0.1, 0.15) is 28.8 Å². The summed E-state index contributed by atoms with van der Waals surface area (Å²) in [5.41, 5.74) is 1.60. The minimum atomic E-state index is -0.497. The molecule has 2 aromatic rings. The molecule has 0 radical (unpaired) electrons. The summed E-state index contributed by atoms with van der Waals surface area (Å²) in [6.07, 6.45) is 5.07. The van der Waals surface area contributed by atoms with E-state index in [1.807, 2.05) is 36.4 Å².